The number of aryl methyl sites for hydroxylation is 1. The smallest absolute Gasteiger partial charge is 0.156 e. The van der Waals surface area contributed by atoms with Crippen molar-refractivity contribution in [3.63, 3.8) is 0 Å². The van der Waals surface area contributed by atoms with E-state index in [-0.39, 0.29) is 0 Å². The van der Waals surface area contributed by atoms with E-state index in [1.54, 1.807) is 0 Å². The van der Waals surface area contributed by atoms with Crippen LogP contribution in [-0.2, 0) is 0 Å². The molecule has 1 aliphatic rings. The lowest BCUT2D eigenvalue weighted by atomic mass is 9.84. The van der Waals surface area contributed by atoms with E-state index < -0.39 is 0 Å². The average molecular weight is 242 g/mol. The van der Waals surface area contributed by atoms with Crippen LogP contribution in [0.15, 0.2) is 24.3 Å². The molecule has 1 unspecified atom stereocenters. The van der Waals surface area contributed by atoms with Crippen molar-refractivity contribution in [1.82, 2.24) is 20.6 Å². The summed E-state index contributed by atoms with van der Waals surface area (Å²) in [6.07, 6.45) is 5.21. The van der Waals surface area contributed by atoms with Gasteiger partial charge in [-0.05, 0) is 41.7 Å². The van der Waals surface area contributed by atoms with Crippen LogP contribution in [0.4, 0.5) is 0 Å². The van der Waals surface area contributed by atoms with Crippen LogP contribution in [0.3, 0.4) is 0 Å². The number of H-pyrrole nitrogens is 1. The van der Waals surface area contributed by atoms with Gasteiger partial charge in [0.25, 0.3) is 0 Å². The number of benzene rings is 1. The molecule has 2 aromatic rings. The number of rotatable bonds is 3. The second-order valence-electron chi connectivity index (χ2n) is 5.22. The van der Waals surface area contributed by atoms with Crippen molar-refractivity contribution in [3.05, 3.63) is 41.2 Å². The highest BCUT2D eigenvalue weighted by Gasteiger charge is 2.30. The molecule has 1 heterocycles. The summed E-state index contributed by atoms with van der Waals surface area (Å²) in [5.74, 6) is 1.90. The summed E-state index contributed by atoms with van der Waals surface area (Å²) in [6.45, 7) is 2.13. The Bertz CT molecular complexity index is 500. The van der Waals surface area contributed by atoms with Gasteiger partial charge in [-0.1, -0.05) is 42.7 Å². The lowest BCUT2D eigenvalue weighted by Crippen LogP contribution is -2.13. The zero-order chi connectivity index (χ0) is 12.4. The van der Waals surface area contributed by atoms with Gasteiger partial charge in [0.1, 0.15) is 0 Å². The lowest BCUT2D eigenvalue weighted by molar-refractivity contribution is 0.466. The van der Waals surface area contributed by atoms with Crippen molar-refractivity contribution in [2.24, 2.45) is 5.92 Å². The van der Waals surface area contributed by atoms with Gasteiger partial charge in [0, 0.05) is 5.92 Å². The number of hydrogen-bond donors (Lipinski definition) is 1. The molecular formula is C14H18N4. The Balaban J connectivity index is 1.99. The molecule has 1 atom stereocenters. The van der Waals surface area contributed by atoms with Gasteiger partial charge in [-0.3, -0.25) is 0 Å². The number of tetrazole rings is 1. The Labute approximate surface area is 107 Å². The van der Waals surface area contributed by atoms with Gasteiger partial charge in [-0.15, -0.1) is 5.10 Å². The van der Waals surface area contributed by atoms with Crippen LogP contribution >= 0.6 is 0 Å². The fourth-order valence-electron chi connectivity index (χ4n) is 3.11. The zero-order valence-corrected chi connectivity index (χ0v) is 10.6. The largest absolute Gasteiger partial charge is 0.242 e. The molecule has 1 N–H and O–H groups in total. The highest BCUT2D eigenvalue weighted by molar-refractivity contribution is 5.30. The minimum atomic E-state index is 0.322. The van der Waals surface area contributed by atoms with E-state index in [1.807, 2.05) is 0 Å². The summed E-state index contributed by atoms with van der Waals surface area (Å²) < 4.78 is 0. The Hall–Kier alpha value is -1.71. The number of aromatic nitrogens is 4. The number of nitrogens with one attached hydrogen (secondary N) is 1. The molecule has 0 aliphatic heterocycles. The first-order chi connectivity index (χ1) is 8.84. The van der Waals surface area contributed by atoms with E-state index >= 15 is 0 Å². The summed E-state index contributed by atoms with van der Waals surface area (Å²) in [4.78, 5) is 0. The van der Waals surface area contributed by atoms with Crippen LogP contribution < -0.4 is 0 Å². The lowest BCUT2D eigenvalue weighted by Gasteiger charge is -2.21. The Morgan fingerprint density at radius 3 is 2.78 bits per heavy atom. The van der Waals surface area contributed by atoms with Crippen molar-refractivity contribution in [2.75, 3.05) is 0 Å². The Kier molecular flexibility index (Phi) is 3.09. The number of hydrogen-bond acceptors (Lipinski definition) is 3. The summed E-state index contributed by atoms with van der Waals surface area (Å²) in [6, 6.07) is 8.70. The van der Waals surface area contributed by atoms with Crippen LogP contribution in [-0.4, -0.2) is 20.6 Å². The van der Waals surface area contributed by atoms with Crippen LogP contribution in [0.5, 0.6) is 0 Å². The van der Waals surface area contributed by atoms with E-state index in [0.717, 1.165) is 5.82 Å². The van der Waals surface area contributed by atoms with E-state index in [2.05, 4.69) is 51.8 Å². The number of aromatic amines is 1. The third kappa shape index (κ3) is 2.15. The van der Waals surface area contributed by atoms with Crippen molar-refractivity contribution >= 4 is 0 Å². The third-order valence-electron chi connectivity index (χ3n) is 3.93. The molecule has 1 aliphatic carbocycles. The molecule has 1 aromatic carbocycles. The second-order valence-corrected chi connectivity index (χ2v) is 5.22. The fourth-order valence-corrected chi connectivity index (χ4v) is 3.11. The highest BCUT2D eigenvalue weighted by atomic mass is 15.5. The van der Waals surface area contributed by atoms with Crippen molar-refractivity contribution in [1.29, 1.82) is 0 Å². The normalized spacial score (nSPS) is 18.1. The third-order valence-corrected chi connectivity index (χ3v) is 3.93. The maximum absolute atomic E-state index is 4.15. The van der Waals surface area contributed by atoms with Gasteiger partial charge < -0.3 is 0 Å². The zero-order valence-electron chi connectivity index (χ0n) is 10.6. The first-order valence-corrected chi connectivity index (χ1v) is 6.65. The van der Waals surface area contributed by atoms with E-state index in [0.29, 0.717) is 11.8 Å². The molecule has 4 nitrogen and oxygen atoms in total. The Morgan fingerprint density at radius 2 is 2.11 bits per heavy atom. The molecule has 4 heteroatoms. The van der Waals surface area contributed by atoms with E-state index in [4.69, 9.17) is 0 Å². The molecule has 18 heavy (non-hydrogen) atoms. The molecule has 1 aromatic heterocycles. The summed E-state index contributed by atoms with van der Waals surface area (Å²) in [5, 5.41) is 14.6. The van der Waals surface area contributed by atoms with Gasteiger partial charge >= 0.3 is 0 Å². The van der Waals surface area contributed by atoms with Crippen molar-refractivity contribution in [3.8, 4) is 0 Å². The molecule has 94 valence electrons. The molecule has 1 fully saturated rings. The second kappa shape index (κ2) is 4.88. The van der Waals surface area contributed by atoms with Gasteiger partial charge in [0.15, 0.2) is 5.82 Å². The first kappa shape index (κ1) is 11.4. The van der Waals surface area contributed by atoms with Gasteiger partial charge in [-0.25, -0.2) is 5.10 Å². The molecule has 0 bridgehead atoms. The van der Waals surface area contributed by atoms with Crippen molar-refractivity contribution in [2.45, 2.75) is 38.5 Å². The van der Waals surface area contributed by atoms with Crippen LogP contribution in [0.1, 0.15) is 48.6 Å². The maximum Gasteiger partial charge on any atom is 0.156 e. The van der Waals surface area contributed by atoms with Crippen LogP contribution in [0.25, 0.3) is 0 Å². The maximum atomic E-state index is 4.15. The molecule has 0 radical (unpaired) electrons. The standard InChI is InChI=1S/C14H18N4/c1-10-5-4-8-12(9-10)13(11-6-2-3-7-11)14-15-17-18-16-14/h4-5,8-9,11,13H,2-3,6-7H2,1H3,(H,15,16,17,18). The topological polar surface area (TPSA) is 54.5 Å². The predicted molar refractivity (Wildman–Crippen MR) is 69.2 cm³/mol. The minimum absolute atomic E-state index is 0.322. The molecule has 3 rings (SSSR count). The molecule has 0 saturated heterocycles. The van der Waals surface area contributed by atoms with Crippen molar-refractivity contribution < 1.29 is 0 Å². The molecule has 0 amide bonds. The highest BCUT2D eigenvalue weighted by Crippen LogP contribution is 2.40. The quantitative estimate of drug-likeness (QED) is 0.900. The number of nitrogens with zero attached hydrogens (tertiary/aromatic N) is 3. The summed E-state index contributed by atoms with van der Waals surface area (Å²) >= 11 is 0. The molecule has 0 spiro atoms. The fraction of sp³-hybridized carbons (Fsp3) is 0.500. The van der Waals surface area contributed by atoms with Gasteiger partial charge in [0.05, 0.1) is 0 Å². The van der Waals surface area contributed by atoms with E-state index in [1.165, 1.54) is 36.8 Å². The Morgan fingerprint density at radius 1 is 1.28 bits per heavy atom. The van der Waals surface area contributed by atoms with Gasteiger partial charge in [0.2, 0.25) is 0 Å². The monoisotopic (exact) mass is 242 g/mol. The average Bonchev–Trinajstić information content (AvgIpc) is 3.02. The minimum Gasteiger partial charge on any atom is -0.242 e. The van der Waals surface area contributed by atoms with E-state index in [9.17, 15) is 0 Å². The predicted octanol–water partition coefficient (Wildman–Crippen LogP) is 2.83. The molecular weight excluding hydrogens is 224 g/mol. The van der Waals surface area contributed by atoms with Crippen LogP contribution in [0.2, 0.25) is 0 Å². The first-order valence-electron chi connectivity index (χ1n) is 6.65. The summed E-state index contributed by atoms with van der Waals surface area (Å²) in [7, 11) is 0. The molecule has 1 saturated carbocycles. The van der Waals surface area contributed by atoms with Gasteiger partial charge in [-0.2, -0.15) is 0 Å². The summed E-state index contributed by atoms with van der Waals surface area (Å²) in [5.41, 5.74) is 2.63. The SMILES string of the molecule is Cc1cccc(C(c2nnn[nH]2)C2CCCC2)c1. The van der Waals surface area contributed by atoms with Crippen LogP contribution in [0, 0.1) is 12.8 Å².